The van der Waals surface area contributed by atoms with E-state index in [1.807, 2.05) is 38.2 Å². The highest BCUT2D eigenvalue weighted by Gasteiger charge is 2.22. The van der Waals surface area contributed by atoms with Crippen LogP contribution >= 0.6 is 0 Å². The molecule has 0 unspecified atom stereocenters. The van der Waals surface area contributed by atoms with Crippen LogP contribution in [-0.4, -0.2) is 4.57 Å². The van der Waals surface area contributed by atoms with Crippen LogP contribution in [0.2, 0.25) is 0 Å². The molecule has 0 N–H and O–H groups in total. The van der Waals surface area contributed by atoms with Crippen molar-refractivity contribution in [2.75, 3.05) is 4.90 Å². The third-order valence-electron chi connectivity index (χ3n) is 10.1. The van der Waals surface area contributed by atoms with Crippen LogP contribution in [0.3, 0.4) is 0 Å². The second kappa shape index (κ2) is 17.0. The second-order valence-electron chi connectivity index (χ2n) is 12.8. The van der Waals surface area contributed by atoms with E-state index in [0.29, 0.717) is 0 Å². The molecule has 0 aliphatic carbocycles. The third kappa shape index (κ3) is 6.68. The number of fused-ring (bicyclic) bond motifs is 4. The number of benzene rings is 6. The number of para-hydroxylation sites is 2. The average Bonchev–Trinajstić information content (AvgIpc) is 3.57. The first-order chi connectivity index (χ1) is 26.6. The lowest BCUT2D eigenvalue weighted by atomic mass is 9.87. The first-order valence-electron chi connectivity index (χ1n) is 19.0. The lowest BCUT2D eigenvalue weighted by molar-refractivity contribution is 0.976. The van der Waals surface area contributed by atoms with Crippen LogP contribution in [0, 0.1) is 0 Å². The van der Waals surface area contributed by atoms with Crippen LogP contribution in [0.25, 0.3) is 72.7 Å². The van der Waals surface area contributed by atoms with Crippen molar-refractivity contribution >= 4 is 50.4 Å². The molecule has 0 saturated heterocycles. The maximum absolute atomic E-state index is 4.36. The zero-order chi connectivity index (χ0) is 38.2. The molecule has 0 aliphatic heterocycles. The van der Waals surface area contributed by atoms with Crippen molar-refractivity contribution in [1.82, 2.24) is 4.57 Å². The Morgan fingerprint density at radius 3 is 1.59 bits per heavy atom. The molecule has 0 bridgehead atoms. The Morgan fingerprint density at radius 1 is 0.593 bits per heavy atom. The number of nitrogens with zero attached hydrogens (tertiary/aromatic N) is 2. The van der Waals surface area contributed by atoms with Crippen LogP contribution < -0.4 is 4.90 Å². The van der Waals surface area contributed by atoms with Crippen LogP contribution in [-0.2, 0) is 0 Å². The van der Waals surface area contributed by atoms with Crippen molar-refractivity contribution in [3.63, 3.8) is 0 Å². The van der Waals surface area contributed by atoms with Gasteiger partial charge >= 0.3 is 0 Å². The van der Waals surface area contributed by atoms with Crippen molar-refractivity contribution in [3.05, 3.63) is 194 Å². The van der Waals surface area contributed by atoms with Crippen molar-refractivity contribution in [2.45, 2.75) is 41.0 Å². The van der Waals surface area contributed by atoms with Gasteiger partial charge in [-0.15, -0.1) is 0 Å². The Balaban J connectivity index is 0.00000245. The smallest absolute Gasteiger partial charge is 0.0619 e. The largest absolute Gasteiger partial charge is 0.315 e. The summed E-state index contributed by atoms with van der Waals surface area (Å²) >= 11 is 0. The molecule has 0 fully saturated rings. The fourth-order valence-corrected chi connectivity index (χ4v) is 7.66. The van der Waals surface area contributed by atoms with Crippen LogP contribution in [0.5, 0.6) is 0 Å². The first kappa shape index (κ1) is 37.4. The van der Waals surface area contributed by atoms with E-state index >= 15 is 0 Å². The molecule has 1 heterocycles. The van der Waals surface area contributed by atoms with E-state index in [1.54, 1.807) is 0 Å². The van der Waals surface area contributed by atoms with Gasteiger partial charge in [-0.1, -0.05) is 174 Å². The van der Waals surface area contributed by atoms with Gasteiger partial charge in [0.25, 0.3) is 0 Å². The van der Waals surface area contributed by atoms with Gasteiger partial charge < -0.3 is 9.47 Å². The average molecular weight is 703 g/mol. The number of anilines is 1. The van der Waals surface area contributed by atoms with Crippen molar-refractivity contribution in [3.8, 4) is 27.9 Å². The van der Waals surface area contributed by atoms with Gasteiger partial charge in [0.1, 0.15) is 0 Å². The molecule has 0 spiro atoms. The minimum atomic E-state index is 0.924. The SMILES string of the molecule is C=C/C=C\C(=C/C)N(/C(=C/C)CC)c1ccc(-c2ccc(-c3c(C=C)c(C=C)c(-n4c5ccccc5c5ccccc54)c4ccccc34)cc2)cc1.CC. The summed E-state index contributed by atoms with van der Waals surface area (Å²) in [5, 5.41) is 4.82. The fraction of sp³-hybridized carbons (Fsp3) is 0.115. The molecule has 2 heteroatoms. The highest BCUT2D eigenvalue weighted by atomic mass is 15.2. The van der Waals surface area contributed by atoms with Gasteiger partial charge in [-0.2, -0.15) is 0 Å². The van der Waals surface area contributed by atoms with Crippen LogP contribution in [0.4, 0.5) is 5.69 Å². The van der Waals surface area contributed by atoms with Gasteiger partial charge in [0.05, 0.1) is 16.7 Å². The molecule has 0 saturated carbocycles. The van der Waals surface area contributed by atoms with Gasteiger partial charge in [-0.05, 0) is 83.8 Å². The molecular formula is C52H50N2. The summed E-state index contributed by atoms with van der Waals surface area (Å²) in [6.45, 7) is 22.9. The zero-order valence-electron chi connectivity index (χ0n) is 32.3. The van der Waals surface area contributed by atoms with Crippen LogP contribution in [0.15, 0.2) is 183 Å². The Hall–Kier alpha value is -6.38. The molecule has 7 aromatic rings. The van der Waals surface area contributed by atoms with Crippen LogP contribution in [0.1, 0.15) is 52.2 Å². The minimum Gasteiger partial charge on any atom is -0.315 e. The number of aromatic nitrogens is 1. The quantitative estimate of drug-likeness (QED) is 0.122. The molecule has 268 valence electrons. The molecule has 0 amide bonds. The van der Waals surface area contributed by atoms with Gasteiger partial charge in [0.2, 0.25) is 0 Å². The maximum atomic E-state index is 4.36. The Kier molecular flexibility index (Phi) is 11.7. The maximum Gasteiger partial charge on any atom is 0.0619 e. The molecule has 0 aliphatic rings. The van der Waals surface area contributed by atoms with Crippen molar-refractivity contribution in [1.29, 1.82) is 0 Å². The van der Waals surface area contributed by atoms with E-state index in [2.05, 4.69) is 190 Å². The van der Waals surface area contributed by atoms with E-state index in [9.17, 15) is 0 Å². The van der Waals surface area contributed by atoms with E-state index in [-0.39, 0.29) is 0 Å². The molecule has 7 rings (SSSR count). The monoisotopic (exact) mass is 702 g/mol. The number of hydrogen-bond acceptors (Lipinski definition) is 1. The fourth-order valence-electron chi connectivity index (χ4n) is 7.66. The molecule has 2 nitrogen and oxygen atoms in total. The Morgan fingerprint density at radius 2 is 1.09 bits per heavy atom. The van der Waals surface area contributed by atoms with E-state index in [1.165, 1.54) is 43.8 Å². The number of allylic oxidation sites excluding steroid dienone is 6. The van der Waals surface area contributed by atoms with Gasteiger partial charge in [-0.25, -0.2) is 0 Å². The van der Waals surface area contributed by atoms with E-state index in [4.69, 9.17) is 0 Å². The third-order valence-corrected chi connectivity index (χ3v) is 10.1. The lowest BCUT2D eigenvalue weighted by Gasteiger charge is -2.28. The highest BCUT2D eigenvalue weighted by molar-refractivity contribution is 6.14. The zero-order valence-corrected chi connectivity index (χ0v) is 32.3. The number of hydrogen-bond donors (Lipinski definition) is 0. The van der Waals surface area contributed by atoms with E-state index in [0.717, 1.165) is 51.3 Å². The normalized spacial score (nSPS) is 11.9. The molecule has 1 aromatic heterocycles. The summed E-state index contributed by atoms with van der Waals surface area (Å²) in [5.41, 5.74) is 13.7. The summed E-state index contributed by atoms with van der Waals surface area (Å²) in [5.74, 6) is 0. The second-order valence-corrected chi connectivity index (χ2v) is 12.8. The van der Waals surface area contributed by atoms with Gasteiger partial charge in [-0.3, -0.25) is 0 Å². The molecule has 54 heavy (non-hydrogen) atoms. The number of rotatable bonds is 11. The molecule has 0 atom stereocenters. The van der Waals surface area contributed by atoms with E-state index < -0.39 is 0 Å². The molecule has 0 radical (unpaired) electrons. The van der Waals surface area contributed by atoms with Crippen molar-refractivity contribution < 1.29 is 0 Å². The predicted molar refractivity (Wildman–Crippen MR) is 240 cm³/mol. The Labute approximate surface area is 321 Å². The topological polar surface area (TPSA) is 8.17 Å². The van der Waals surface area contributed by atoms with Crippen molar-refractivity contribution in [2.24, 2.45) is 0 Å². The summed E-state index contributed by atoms with van der Waals surface area (Å²) in [6.07, 6.45) is 15.1. The standard InChI is InChI=1S/C50H44N2.C2H6/c1-7-13-20-39(10-4)51(38(8-2)9-3)40-33-31-36(32-34-40)35-27-29-37(30-28-35)49-41(11-5)42(12-6)50(46-24-15-14-23-45(46)49)52-47-25-18-16-21-43(47)44-22-17-19-26-48(44)52;1-2/h7-8,10-34H,1,5-6,9H2,2-4H3;1-2H3/b20-13-,38-8+,39-10+;. The highest BCUT2D eigenvalue weighted by Crippen LogP contribution is 2.44. The lowest BCUT2D eigenvalue weighted by Crippen LogP contribution is -2.20. The van der Waals surface area contributed by atoms with Gasteiger partial charge in [0, 0.05) is 38.8 Å². The Bertz CT molecular complexity index is 2500. The summed E-state index contributed by atoms with van der Waals surface area (Å²) in [7, 11) is 0. The molecular weight excluding hydrogens is 653 g/mol. The minimum absolute atomic E-state index is 0.924. The summed E-state index contributed by atoms with van der Waals surface area (Å²) in [4.78, 5) is 2.31. The molecule has 6 aromatic carbocycles. The summed E-state index contributed by atoms with van der Waals surface area (Å²) < 4.78 is 2.41. The summed E-state index contributed by atoms with van der Waals surface area (Å²) in [6, 6.07) is 43.8. The van der Waals surface area contributed by atoms with Gasteiger partial charge in [0.15, 0.2) is 0 Å². The first-order valence-corrected chi connectivity index (χ1v) is 19.0. The predicted octanol–water partition coefficient (Wildman–Crippen LogP) is 15.3.